The van der Waals surface area contributed by atoms with Crippen molar-refractivity contribution >= 4 is 5.82 Å². The molecule has 0 bridgehead atoms. The summed E-state index contributed by atoms with van der Waals surface area (Å²) in [5.74, 6) is 2.21. The second-order valence-electron chi connectivity index (χ2n) is 5.94. The first-order chi connectivity index (χ1) is 11.8. The van der Waals surface area contributed by atoms with Crippen molar-refractivity contribution in [3.8, 4) is 23.0 Å². The number of aromatic amines is 1. The highest BCUT2D eigenvalue weighted by atomic mass is 16.3. The van der Waals surface area contributed by atoms with Crippen LogP contribution in [0, 0.1) is 0 Å². The Morgan fingerprint density at radius 1 is 1.21 bits per heavy atom. The van der Waals surface area contributed by atoms with Crippen molar-refractivity contribution in [1.82, 2.24) is 25.0 Å². The number of H-pyrrole nitrogens is 1. The lowest BCUT2D eigenvalue weighted by molar-refractivity contribution is 0.528. The normalized spacial score (nSPS) is 11.2. The maximum atomic E-state index is 6.02. The summed E-state index contributed by atoms with van der Waals surface area (Å²) in [6, 6.07) is 3.64. The molecule has 0 aliphatic rings. The SMILES string of the molecule is CCCCCCCCn1cc(-c2n[nH]c(-c3ccco3)n2)c(N)n1. The number of nitrogens with one attached hydrogen (secondary N) is 1. The van der Waals surface area contributed by atoms with E-state index < -0.39 is 0 Å². The third-order valence-electron chi connectivity index (χ3n) is 4.01. The van der Waals surface area contributed by atoms with Crippen LogP contribution in [0.5, 0.6) is 0 Å². The van der Waals surface area contributed by atoms with Gasteiger partial charge in [0.05, 0.1) is 11.8 Å². The second-order valence-corrected chi connectivity index (χ2v) is 5.94. The lowest BCUT2D eigenvalue weighted by Crippen LogP contribution is -1.99. The van der Waals surface area contributed by atoms with Gasteiger partial charge in [-0.05, 0) is 18.6 Å². The molecular weight excluding hydrogens is 304 g/mol. The van der Waals surface area contributed by atoms with Gasteiger partial charge < -0.3 is 10.2 Å². The molecule has 0 atom stereocenters. The van der Waals surface area contributed by atoms with E-state index in [1.807, 2.05) is 23.0 Å². The van der Waals surface area contributed by atoms with Crippen LogP contribution in [0.1, 0.15) is 45.4 Å². The van der Waals surface area contributed by atoms with Gasteiger partial charge in [-0.2, -0.15) is 10.2 Å². The number of aryl methyl sites for hydroxylation is 1. The van der Waals surface area contributed by atoms with Gasteiger partial charge in [0.25, 0.3) is 0 Å². The van der Waals surface area contributed by atoms with Crippen molar-refractivity contribution in [3.05, 3.63) is 24.6 Å². The van der Waals surface area contributed by atoms with E-state index in [0.717, 1.165) is 18.5 Å². The molecule has 3 rings (SSSR count). The van der Waals surface area contributed by atoms with Gasteiger partial charge in [0, 0.05) is 12.7 Å². The molecule has 0 aliphatic heterocycles. The predicted octanol–water partition coefficient (Wildman–Crippen LogP) is 3.87. The molecule has 128 valence electrons. The number of hydrogen-bond donors (Lipinski definition) is 2. The Balaban J connectivity index is 1.60. The molecule has 0 saturated heterocycles. The van der Waals surface area contributed by atoms with E-state index in [9.17, 15) is 0 Å². The van der Waals surface area contributed by atoms with Gasteiger partial charge in [0.15, 0.2) is 23.2 Å². The largest absolute Gasteiger partial charge is 0.461 e. The quantitative estimate of drug-likeness (QED) is 0.581. The highest BCUT2D eigenvalue weighted by Gasteiger charge is 2.15. The second kappa shape index (κ2) is 7.81. The Morgan fingerprint density at radius 2 is 2.04 bits per heavy atom. The molecule has 3 heterocycles. The summed E-state index contributed by atoms with van der Waals surface area (Å²) in [6.45, 7) is 3.10. The lowest BCUT2D eigenvalue weighted by atomic mass is 10.1. The van der Waals surface area contributed by atoms with Gasteiger partial charge in [0.1, 0.15) is 0 Å². The highest BCUT2D eigenvalue weighted by Crippen LogP contribution is 2.24. The molecule has 0 saturated carbocycles. The summed E-state index contributed by atoms with van der Waals surface area (Å²) in [5, 5.41) is 11.5. The van der Waals surface area contributed by atoms with E-state index in [2.05, 4.69) is 27.2 Å². The molecule has 0 amide bonds. The predicted molar refractivity (Wildman–Crippen MR) is 93.1 cm³/mol. The fourth-order valence-electron chi connectivity index (χ4n) is 2.68. The van der Waals surface area contributed by atoms with Gasteiger partial charge in [0.2, 0.25) is 0 Å². The molecule has 7 heteroatoms. The van der Waals surface area contributed by atoms with Gasteiger partial charge in [-0.25, -0.2) is 4.98 Å². The molecule has 0 spiro atoms. The topological polar surface area (TPSA) is 98.5 Å². The Bertz CT molecular complexity index is 743. The van der Waals surface area contributed by atoms with Gasteiger partial charge in [-0.15, -0.1) is 0 Å². The van der Waals surface area contributed by atoms with E-state index in [-0.39, 0.29) is 0 Å². The standard InChI is InChI=1S/C17H24N6O/c1-2-3-4-5-6-7-10-23-12-13(15(18)22-23)16-19-17(21-20-16)14-9-8-11-24-14/h8-9,11-12H,2-7,10H2,1H3,(H2,18,22)(H,19,20,21). The molecule has 0 unspecified atom stereocenters. The first-order valence-electron chi connectivity index (χ1n) is 8.57. The van der Waals surface area contributed by atoms with E-state index in [4.69, 9.17) is 10.2 Å². The molecule has 0 fully saturated rings. The minimum atomic E-state index is 0.450. The summed E-state index contributed by atoms with van der Waals surface area (Å²) in [7, 11) is 0. The van der Waals surface area contributed by atoms with Crippen LogP contribution < -0.4 is 5.73 Å². The molecule has 7 nitrogen and oxygen atoms in total. The van der Waals surface area contributed by atoms with Gasteiger partial charge in [-0.3, -0.25) is 9.78 Å². The average Bonchev–Trinajstić information content (AvgIpc) is 3.30. The third kappa shape index (κ3) is 3.84. The zero-order valence-electron chi connectivity index (χ0n) is 14.0. The van der Waals surface area contributed by atoms with Crippen molar-refractivity contribution in [3.63, 3.8) is 0 Å². The Labute approximate surface area is 141 Å². The van der Waals surface area contributed by atoms with E-state index in [1.165, 1.54) is 32.1 Å². The van der Waals surface area contributed by atoms with Crippen LogP contribution in [0.2, 0.25) is 0 Å². The van der Waals surface area contributed by atoms with E-state index in [1.54, 1.807) is 6.26 Å². The van der Waals surface area contributed by atoms with Crippen molar-refractivity contribution in [1.29, 1.82) is 0 Å². The summed E-state index contributed by atoms with van der Waals surface area (Å²) in [5.41, 5.74) is 6.77. The van der Waals surface area contributed by atoms with E-state index >= 15 is 0 Å². The zero-order chi connectivity index (χ0) is 16.8. The number of anilines is 1. The number of rotatable bonds is 9. The summed E-state index contributed by atoms with van der Waals surface area (Å²) < 4.78 is 7.19. The Morgan fingerprint density at radius 3 is 2.83 bits per heavy atom. The van der Waals surface area contributed by atoms with Crippen molar-refractivity contribution < 1.29 is 4.42 Å². The number of nitrogen functional groups attached to an aromatic ring is 1. The molecule has 3 N–H and O–H groups in total. The molecule has 0 radical (unpaired) electrons. The number of aromatic nitrogens is 5. The van der Waals surface area contributed by atoms with Crippen LogP contribution >= 0.6 is 0 Å². The molecule has 3 aromatic rings. The number of hydrogen-bond acceptors (Lipinski definition) is 5. The first kappa shape index (κ1) is 16.3. The number of nitrogens with zero attached hydrogens (tertiary/aromatic N) is 4. The molecular formula is C17H24N6O. The molecule has 0 aromatic carbocycles. The van der Waals surface area contributed by atoms with E-state index in [0.29, 0.717) is 23.2 Å². The molecule has 3 aromatic heterocycles. The van der Waals surface area contributed by atoms with Gasteiger partial charge in [-0.1, -0.05) is 39.0 Å². The van der Waals surface area contributed by atoms with Gasteiger partial charge >= 0.3 is 0 Å². The summed E-state index contributed by atoms with van der Waals surface area (Å²) >= 11 is 0. The Hall–Kier alpha value is -2.57. The van der Waals surface area contributed by atoms with Crippen LogP contribution in [-0.2, 0) is 6.54 Å². The van der Waals surface area contributed by atoms with Crippen LogP contribution in [0.15, 0.2) is 29.0 Å². The average molecular weight is 328 g/mol. The maximum Gasteiger partial charge on any atom is 0.192 e. The highest BCUT2D eigenvalue weighted by molar-refractivity contribution is 5.68. The fraction of sp³-hybridized carbons (Fsp3) is 0.471. The number of furan rings is 1. The molecule has 24 heavy (non-hydrogen) atoms. The minimum Gasteiger partial charge on any atom is -0.461 e. The monoisotopic (exact) mass is 328 g/mol. The third-order valence-corrected chi connectivity index (χ3v) is 4.01. The maximum absolute atomic E-state index is 6.02. The summed E-state index contributed by atoms with van der Waals surface area (Å²) in [4.78, 5) is 4.43. The van der Waals surface area contributed by atoms with Crippen LogP contribution in [0.25, 0.3) is 23.0 Å². The number of unbranched alkanes of at least 4 members (excludes halogenated alkanes) is 5. The smallest absolute Gasteiger partial charge is 0.192 e. The first-order valence-corrected chi connectivity index (χ1v) is 8.57. The Kier molecular flexibility index (Phi) is 5.30. The lowest BCUT2D eigenvalue weighted by Gasteiger charge is -2.01. The number of nitrogens with two attached hydrogens (primary N) is 1. The van der Waals surface area contributed by atoms with Crippen molar-refractivity contribution in [2.75, 3.05) is 5.73 Å². The molecule has 0 aliphatic carbocycles. The zero-order valence-corrected chi connectivity index (χ0v) is 14.0. The van der Waals surface area contributed by atoms with Crippen molar-refractivity contribution in [2.45, 2.75) is 52.0 Å². The van der Waals surface area contributed by atoms with Crippen LogP contribution in [0.3, 0.4) is 0 Å². The summed E-state index contributed by atoms with van der Waals surface area (Å²) in [6.07, 6.45) is 11.0. The fourth-order valence-corrected chi connectivity index (χ4v) is 2.68. The van der Waals surface area contributed by atoms with Crippen molar-refractivity contribution in [2.24, 2.45) is 0 Å². The van der Waals surface area contributed by atoms with Crippen LogP contribution in [-0.4, -0.2) is 25.0 Å². The minimum absolute atomic E-state index is 0.450. The van der Waals surface area contributed by atoms with Crippen LogP contribution in [0.4, 0.5) is 5.82 Å².